The molecule has 0 spiro atoms. The summed E-state index contributed by atoms with van der Waals surface area (Å²) < 4.78 is 40.1. The molecule has 0 atom stereocenters. The van der Waals surface area contributed by atoms with Crippen LogP contribution in [0.25, 0.3) is 16.7 Å². The summed E-state index contributed by atoms with van der Waals surface area (Å²) in [5.74, 6) is -0.120. The summed E-state index contributed by atoms with van der Waals surface area (Å²) in [6.45, 7) is 4.24. The first-order valence-electron chi connectivity index (χ1n) is 9.31. The van der Waals surface area contributed by atoms with Crippen molar-refractivity contribution >= 4 is 34.7 Å². The van der Waals surface area contributed by atoms with Crippen molar-refractivity contribution in [2.75, 3.05) is 6.54 Å². The topological polar surface area (TPSA) is 29.1 Å². The molecule has 2 nitrogen and oxygen atoms in total. The van der Waals surface area contributed by atoms with Crippen molar-refractivity contribution in [1.82, 2.24) is 5.32 Å². The highest BCUT2D eigenvalue weighted by Crippen LogP contribution is 2.40. The average Bonchev–Trinajstić information content (AvgIpc) is 2.70. The van der Waals surface area contributed by atoms with E-state index in [0.29, 0.717) is 47.5 Å². The Hall–Kier alpha value is -1.98. The lowest BCUT2D eigenvalue weighted by Gasteiger charge is -2.18. The molecule has 154 valence electrons. The highest BCUT2D eigenvalue weighted by Gasteiger charge is 2.33. The molecule has 29 heavy (non-hydrogen) atoms. The first-order chi connectivity index (χ1) is 13.6. The van der Waals surface area contributed by atoms with Gasteiger partial charge in [0.25, 0.3) is 0 Å². The maximum Gasteiger partial charge on any atom is 0.417 e. The predicted molar refractivity (Wildman–Crippen MR) is 111 cm³/mol. The van der Waals surface area contributed by atoms with Gasteiger partial charge in [-0.25, -0.2) is 0 Å². The van der Waals surface area contributed by atoms with Gasteiger partial charge in [-0.3, -0.25) is 4.79 Å². The Bertz CT molecular complexity index is 996. The van der Waals surface area contributed by atoms with E-state index in [2.05, 4.69) is 5.32 Å². The number of nitrogens with one attached hydrogen (secondary N) is 1. The van der Waals surface area contributed by atoms with Crippen LogP contribution < -0.4 is 5.32 Å². The standard InChI is InChI=1S/C22H20Cl2F3NO/c1-3-15-12(2)17-10-14(23)11-18(16(17)5-4-8-28-21(15)29)13-6-7-20(24)19(9-13)22(25,26)27/h6-7,9-11H,3-5,8H2,1-2H3,(H,28,29). The van der Waals surface area contributed by atoms with Gasteiger partial charge in [-0.05, 0) is 78.3 Å². The Kier molecular flexibility index (Phi) is 6.30. The van der Waals surface area contributed by atoms with Crippen molar-refractivity contribution in [3.63, 3.8) is 0 Å². The van der Waals surface area contributed by atoms with Crippen LogP contribution in [0.3, 0.4) is 0 Å². The van der Waals surface area contributed by atoms with Crippen LogP contribution in [0, 0.1) is 0 Å². The van der Waals surface area contributed by atoms with E-state index in [1.54, 1.807) is 18.2 Å². The van der Waals surface area contributed by atoms with E-state index >= 15 is 0 Å². The van der Waals surface area contributed by atoms with Gasteiger partial charge in [-0.2, -0.15) is 13.2 Å². The summed E-state index contributed by atoms with van der Waals surface area (Å²) in [5.41, 5.74) is 3.24. The molecule has 1 N–H and O–H groups in total. The minimum atomic E-state index is -4.56. The van der Waals surface area contributed by atoms with Gasteiger partial charge in [0.1, 0.15) is 0 Å². The lowest BCUT2D eigenvalue weighted by atomic mass is 9.87. The van der Waals surface area contributed by atoms with E-state index in [-0.39, 0.29) is 10.9 Å². The van der Waals surface area contributed by atoms with Gasteiger partial charge in [0, 0.05) is 17.1 Å². The van der Waals surface area contributed by atoms with Gasteiger partial charge in [0.05, 0.1) is 10.6 Å². The second kappa shape index (κ2) is 8.41. The molecule has 0 bridgehead atoms. The number of rotatable bonds is 2. The predicted octanol–water partition coefficient (Wildman–Crippen LogP) is 6.93. The number of amides is 1. The quantitative estimate of drug-likeness (QED) is 0.537. The van der Waals surface area contributed by atoms with Gasteiger partial charge in [0.15, 0.2) is 0 Å². The Balaban J connectivity index is 2.29. The molecule has 2 aromatic carbocycles. The molecule has 0 fully saturated rings. The zero-order chi connectivity index (χ0) is 21.3. The molecule has 7 heteroatoms. The summed E-state index contributed by atoms with van der Waals surface area (Å²) in [7, 11) is 0. The van der Waals surface area contributed by atoms with E-state index in [1.807, 2.05) is 13.8 Å². The van der Waals surface area contributed by atoms with Crippen LogP contribution in [0.1, 0.15) is 43.4 Å². The highest BCUT2D eigenvalue weighted by atomic mass is 35.5. The van der Waals surface area contributed by atoms with Crippen LogP contribution >= 0.6 is 23.2 Å². The molecule has 3 rings (SSSR count). The second-order valence-corrected chi connectivity index (χ2v) is 7.83. The highest BCUT2D eigenvalue weighted by molar-refractivity contribution is 6.32. The number of carbonyl (C=O) groups excluding carboxylic acids is 1. The number of halogens is 5. The van der Waals surface area contributed by atoms with Crippen LogP contribution in [0.2, 0.25) is 10.0 Å². The molecular weight excluding hydrogens is 422 g/mol. The summed E-state index contributed by atoms with van der Waals surface area (Å²) >= 11 is 12.1. The summed E-state index contributed by atoms with van der Waals surface area (Å²) in [6.07, 6.45) is -2.75. The molecule has 1 heterocycles. The molecular formula is C22H20Cl2F3NO. The summed E-state index contributed by atoms with van der Waals surface area (Å²) in [4.78, 5) is 12.5. The smallest absolute Gasteiger partial charge is 0.352 e. The Morgan fingerprint density at radius 3 is 2.45 bits per heavy atom. The Labute approximate surface area is 177 Å². The fourth-order valence-electron chi connectivity index (χ4n) is 3.74. The first-order valence-corrected chi connectivity index (χ1v) is 10.1. The van der Waals surface area contributed by atoms with Crippen LogP contribution in [0.15, 0.2) is 35.9 Å². The molecule has 0 unspecified atom stereocenters. The Morgan fingerprint density at radius 2 is 1.79 bits per heavy atom. The molecule has 2 aromatic rings. The maximum atomic E-state index is 13.4. The van der Waals surface area contributed by atoms with Crippen molar-refractivity contribution in [3.8, 4) is 11.1 Å². The third kappa shape index (κ3) is 4.46. The van der Waals surface area contributed by atoms with Gasteiger partial charge in [-0.15, -0.1) is 0 Å². The monoisotopic (exact) mass is 441 g/mol. The number of benzene rings is 2. The summed E-state index contributed by atoms with van der Waals surface area (Å²) in [5, 5.41) is 2.96. The van der Waals surface area contributed by atoms with E-state index in [9.17, 15) is 18.0 Å². The zero-order valence-corrected chi connectivity index (χ0v) is 17.5. The van der Waals surface area contributed by atoms with Crippen molar-refractivity contribution in [2.45, 2.75) is 39.3 Å². The van der Waals surface area contributed by atoms with E-state index in [4.69, 9.17) is 23.2 Å². The van der Waals surface area contributed by atoms with E-state index in [0.717, 1.165) is 22.8 Å². The summed E-state index contributed by atoms with van der Waals surface area (Å²) in [6, 6.07) is 7.34. The number of hydrogen-bond acceptors (Lipinski definition) is 1. The van der Waals surface area contributed by atoms with Crippen LogP contribution in [-0.2, 0) is 17.4 Å². The molecule has 1 amide bonds. The maximum absolute atomic E-state index is 13.4. The van der Waals surface area contributed by atoms with Gasteiger partial charge >= 0.3 is 6.18 Å². The fourth-order valence-corrected chi connectivity index (χ4v) is 4.18. The molecule has 0 radical (unpaired) electrons. The molecule has 0 aromatic heterocycles. The van der Waals surface area contributed by atoms with Crippen molar-refractivity contribution in [2.24, 2.45) is 0 Å². The number of hydrogen-bond donors (Lipinski definition) is 1. The van der Waals surface area contributed by atoms with Crippen LogP contribution in [0.4, 0.5) is 13.2 Å². The average molecular weight is 442 g/mol. The SMILES string of the molecule is CCC1=C(C)c2cc(Cl)cc(-c3ccc(Cl)c(C(F)(F)F)c3)c2CCCNC1=O. The van der Waals surface area contributed by atoms with Gasteiger partial charge in [0.2, 0.25) is 5.91 Å². The number of allylic oxidation sites excluding steroid dienone is 1. The molecule has 1 aliphatic rings. The van der Waals surface area contributed by atoms with Crippen molar-refractivity contribution in [3.05, 3.63) is 62.6 Å². The number of fused-ring (bicyclic) bond motifs is 1. The van der Waals surface area contributed by atoms with Crippen molar-refractivity contribution in [1.29, 1.82) is 0 Å². The zero-order valence-electron chi connectivity index (χ0n) is 16.0. The minimum absolute atomic E-state index is 0.120. The third-order valence-corrected chi connectivity index (χ3v) is 5.72. The van der Waals surface area contributed by atoms with Crippen molar-refractivity contribution < 1.29 is 18.0 Å². The first kappa shape index (κ1) is 21.7. The lowest BCUT2D eigenvalue weighted by Crippen LogP contribution is -2.26. The molecule has 1 aliphatic heterocycles. The fraction of sp³-hybridized carbons (Fsp3) is 0.318. The second-order valence-electron chi connectivity index (χ2n) is 6.99. The van der Waals surface area contributed by atoms with Gasteiger partial charge in [-0.1, -0.05) is 36.2 Å². The molecule has 0 saturated heterocycles. The lowest BCUT2D eigenvalue weighted by molar-refractivity contribution is -0.137. The molecule has 0 aliphatic carbocycles. The Morgan fingerprint density at radius 1 is 1.10 bits per heavy atom. The van der Waals surface area contributed by atoms with E-state index in [1.165, 1.54) is 6.07 Å². The largest absolute Gasteiger partial charge is 0.417 e. The number of carbonyl (C=O) groups is 1. The van der Waals surface area contributed by atoms with Crippen LogP contribution in [0.5, 0.6) is 0 Å². The van der Waals surface area contributed by atoms with E-state index < -0.39 is 11.7 Å². The number of alkyl halides is 3. The third-order valence-electron chi connectivity index (χ3n) is 5.17. The normalized spacial score (nSPS) is 15.3. The minimum Gasteiger partial charge on any atom is -0.352 e. The molecule has 0 saturated carbocycles. The van der Waals surface area contributed by atoms with Gasteiger partial charge < -0.3 is 5.32 Å². The van der Waals surface area contributed by atoms with Crippen LogP contribution in [-0.4, -0.2) is 12.5 Å².